The molecule has 3 nitrogen and oxygen atoms in total. The molecule has 0 radical (unpaired) electrons. The van der Waals surface area contributed by atoms with Crippen molar-refractivity contribution in [1.29, 1.82) is 0 Å². The molecule has 1 unspecified atom stereocenters. The lowest BCUT2D eigenvalue weighted by Crippen LogP contribution is -2.33. The van der Waals surface area contributed by atoms with Crippen molar-refractivity contribution in [3.63, 3.8) is 0 Å². The van der Waals surface area contributed by atoms with Gasteiger partial charge in [0, 0.05) is 22.5 Å². The van der Waals surface area contributed by atoms with Gasteiger partial charge in [-0.15, -0.1) is 11.8 Å². The molecule has 19 heavy (non-hydrogen) atoms. The molecule has 1 aliphatic rings. The fourth-order valence-corrected chi connectivity index (χ4v) is 2.99. The Labute approximate surface area is 116 Å². The summed E-state index contributed by atoms with van der Waals surface area (Å²) >= 11 is 1.67. The first-order valence-corrected chi connectivity index (χ1v) is 7.12. The zero-order chi connectivity index (χ0) is 13.1. The summed E-state index contributed by atoms with van der Waals surface area (Å²) in [5.41, 5.74) is 0.792. The third kappa shape index (κ3) is 2.79. The number of ketones is 1. The number of hydrogen-bond donors (Lipinski definition) is 0. The normalized spacial score (nSPS) is 17.4. The molecule has 2 aromatic rings. The molecule has 0 amide bonds. The maximum Gasteiger partial charge on any atom is 0.180 e. The number of ether oxygens (including phenoxy) is 1. The van der Waals surface area contributed by atoms with Crippen LogP contribution in [0.25, 0.3) is 0 Å². The highest BCUT2D eigenvalue weighted by molar-refractivity contribution is 7.99. The highest BCUT2D eigenvalue weighted by Crippen LogP contribution is 2.35. The first-order chi connectivity index (χ1) is 9.33. The minimum Gasteiger partial charge on any atom is -0.481 e. The van der Waals surface area contributed by atoms with E-state index in [2.05, 4.69) is 4.98 Å². The van der Waals surface area contributed by atoms with Crippen LogP contribution in [-0.4, -0.2) is 22.6 Å². The number of fused-ring (bicyclic) bond motifs is 1. The third-order valence-corrected chi connectivity index (χ3v) is 4.07. The van der Waals surface area contributed by atoms with Crippen molar-refractivity contribution in [2.45, 2.75) is 17.4 Å². The largest absolute Gasteiger partial charge is 0.481 e. The molecule has 4 heteroatoms. The molecule has 0 bridgehead atoms. The molecule has 1 atom stereocenters. The zero-order valence-electron chi connectivity index (χ0n) is 10.3. The Morgan fingerprint density at radius 1 is 1.26 bits per heavy atom. The van der Waals surface area contributed by atoms with Crippen molar-refractivity contribution < 1.29 is 9.53 Å². The van der Waals surface area contributed by atoms with Crippen LogP contribution in [-0.2, 0) is 11.2 Å². The summed E-state index contributed by atoms with van der Waals surface area (Å²) in [6, 6.07) is 13.4. The van der Waals surface area contributed by atoms with Crippen LogP contribution in [0.4, 0.5) is 0 Å². The molecule has 1 aromatic heterocycles. The number of aromatic nitrogens is 1. The van der Waals surface area contributed by atoms with Crippen LogP contribution in [0.15, 0.2) is 53.6 Å². The van der Waals surface area contributed by atoms with E-state index in [1.807, 2.05) is 42.5 Å². The van der Waals surface area contributed by atoms with Gasteiger partial charge in [-0.05, 0) is 24.3 Å². The Morgan fingerprint density at radius 3 is 2.95 bits per heavy atom. The Morgan fingerprint density at radius 2 is 2.11 bits per heavy atom. The van der Waals surface area contributed by atoms with E-state index in [9.17, 15) is 4.79 Å². The van der Waals surface area contributed by atoms with E-state index >= 15 is 0 Å². The van der Waals surface area contributed by atoms with E-state index in [1.165, 1.54) is 0 Å². The molecule has 0 saturated heterocycles. The smallest absolute Gasteiger partial charge is 0.180 e. The van der Waals surface area contributed by atoms with Crippen LogP contribution in [0.1, 0.15) is 5.69 Å². The molecule has 3 rings (SSSR count). The number of Topliss-reactive ketones (excluding diaryl/α,β-unsaturated/α-hetero) is 1. The number of para-hydroxylation sites is 1. The van der Waals surface area contributed by atoms with E-state index in [-0.39, 0.29) is 11.9 Å². The van der Waals surface area contributed by atoms with Gasteiger partial charge in [-0.1, -0.05) is 18.2 Å². The lowest BCUT2D eigenvalue weighted by atomic mass is 10.1. The van der Waals surface area contributed by atoms with Crippen molar-refractivity contribution in [3.05, 3.63) is 54.4 Å². The highest BCUT2D eigenvalue weighted by atomic mass is 32.2. The second kappa shape index (κ2) is 5.45. The minimum absolute atomic E-state index is 0.0840. The van der Waals surface area contributed by atoms with E-state index < -0.39 is 0 Å². The second-order valence-electron chi connectivity index (χ2n) is 4.33. The van der Waals surface area contributed by atoms with Crippen LogP contribution in [0, 0.1) is 0 Å². The molecule has 0 aliphatic carbocycles. The first-order valence-electron chi connectivity index (χ1n) is 6.14. The number of benzene rings is 1. The summed E-state index contributed by atoms with van der Waals surface area (Å²) in [5, 5.41) is 0. The molecule has 0 N–H and O–H groups in total. The van der Waals surface area contributed by atoms with Crippen LogP contribution >= 0.6 is 11.8 Å². The van der Waals surface area contributed by atoms with Gasteiger partial charge < -0.3 is 4.74 Å². The molecule has 0 spiro atoms. The molecule has 2 heterocycles. The van der Waals surface area contributed by atoms with Crippen LogP contribution < -0.4 is 4.74 Å². The average molecular weight is 271 g/mol. The van der Waals surface area contributed by atoms with E-state index in [4.69, 9.17) is 4.74 Å². The van der Waals surface area contributed by atoms with E-state index in [0.717, 1.165) is 16.3 Å². The molecule has 1 aromatic carbocycles. The van der Waals surface area contributed by atoms with Crippen LogP contribution in [0.3, 0.4) is 0 Å². The van der Waals surface area contributed by atoms with Gasteiger partial charge in [0.1, 0.15) is 5.75 Å². The predicted molar refractivity (Wildman–Crippen MR) is 74.5 cm³/mol. The van der Waals surface area contributed by atoms with Crippen molar-refractivity contribution in [2.75, 3.05) is 5.75 Å². The Balaban J connectivity index is 1.70. The predicted octanol–water partition coefficient (Wildman–Crippen LogP) is 2.75. The van der Waals surface area contributed by atoms with Crippen molar-refractivity contribution in [2.24, 2.45) is 0 Å². The topological polar surface area (TPSA) is 39.2 Å². The maximum atomic E-state index is 12.2. The van der Waals surface area contributed by atoms with Gasteiger partial charge in [0.2, 0.25) is 0 Å². The van der Waals surface area contributed by atoms with Crippen molar-refractivity contribution in [1.82, 2.24) is 4.98 Å². The van der Waals surface area contributed by atoms with Gasteiger partial charge in [-0.2, -0.15) is 0 Å². The quantitative estimate of drug-likeness (QED) is 0.860. The van der Waals surface area contributed by atoms with Gasteiger partial charge in [-0.3, -0.25) is 9.78 Å². The molecular weight excluding hydrogens is 258 g/mol. The standard InChI is InChI=1S/C15H13NO2S/c17-12(9-11-5-3-4-8-16-11)14-10-19-15-7-2-1-6-13(15)18-14/h1-8,14H,9-10H2. The van der Waals surface area contributed by atoms with Gasteiger partial charge in [0.05, 0.1) is 6.42 Å². The Hall–Kier alpha value is -1.81. The number of carbonyl (C=O) groups is 1. The lowest BCUT2D eigenvalue weighted by Gasteiger charge is -2.24. The highest BCUT2D eigenvalue weighted by Gasteiger charge is 2.26. The fourth-order valence-electron chi connectivity index (χ4n) is 1.97. The number of thioether (sulfide) groups is 1. The summed E-state index contributed by atoms with van der Waals surface area (Å²) in [7, 11) is 0. The second-order valence-corrected chi connectivity index (χ2v) is 5.39. The number of rotatable bonds is 3. The summed E-state index contributed by atoms with van der Waals surface area (Å²) in [4.78, 5) is 17.5. The molecule has 0 saturated carbocycles. The zero-order valence-corrected chi connectivity index (χ0v) is 11.1. The van der Waals surface area contributed by atoms with E-state index in [0.29, 0.717) is 12.2 Å². The average Bonchev–Trinajstić information content (AvgIpc) is 2.48. The number of pyridine rings is 1. The third-order valence-electron chi connectivity index (χ3n) is 2.95. The van der Waals surface area contributed by atoms with Crippen LogP contribution in [0.5, 0.6) is 5.75 Å². The first kappa shape index (κ1) is 12.2. The summed E-state index contributed by atoms with van der Waals surface area (Å²) in [6.45, 7) is 0. The van der Waals surface area contributed by atoms with Gasteiger partial charge in [-0.25, -0.2) is 0 Å². The molecule has 0 fully saturated rings. The molecular formula is C15H13NO2S. The van der Waals surface area contributed by atoms with Gasteiger partial charge >= 0.3 is 0 Å². The number of carbonyl (C=O) groups excluding carboxylic acids is 1. The minimum atomic E-state index is -0.373. The maximum absolute atomic E-state index is 12.2. The monoisotopic (exact) mass is 271 g/mol. The van der Waals surface area contributed by atoms with E-state index in [1.54, 1.807) is 18.0 Å². The number of nitrogens with zero attached hydrogens (tertiary/aromatic N) is 1. The summed E-state index contributed by atoms with van der Waals surface area (Å²) in [5.74, 6) is 1.56. The molecule has 96 valence electrons. The Kier molecular flexibility index (Phi) is 3.51. The van der Waals surface area contributed by atoms with Crippen molar-refractivity contribution >= 4 is 17.5 Å². The van der Waals surface area contributed by atoms with Gasteiger partial charge in [0.25, 0.3) is 0 Å². The van der Waals surface area contributed by atoms with Crippen LogP contribution in [0.2, 0.25) is 0 Å². The molecule has 1 aliphatic heterocycles. The van der Waals surface area contributed by atoms with Crippen molar-refractivity contribution in [3.8, 4) is 5.75 Å². The summed E-state index contributed by atoms with van der Waals surface area (Å²) < 4.78 is 5.77. The van der Waals surface area contributed by atoms with Gasteiger partial charge in [0.15, 0.2) is 11.9 Å². The lowest BCUT2D eigenvalue weighted by molar-refractivity contribution is -0.124. The number of hydrogen-bond acceptors (Lipinski definition) is 4. The fraction of sp³-hybridized carbons (Fsp3) is 0.200. The summed E-state index contributed by atoms with van der Waals surface area (Å²) in [6.07, 6.45) is 1.66. The SMILES string of the molecule is O=C(Cc1ccccn1)C1CSc2ccccc2O1. The Bertz CT molecular complexity index is 586.